The fourth-order valence-electron chi connectivity index (χ4n) is 1.46. The van der Waals surface area contributed by atoms with E-state index in [1.807, 2.05) is 0 Å². The quantitative estimate of drug-likeness (QED) is 0.650. The fraction of sp³-hybridized carbons (Fsp3) is 0.462. The van der Waals surface area contributed by atoms with Crippen LogP contribution in [0.15, 0.2) is 24.3 Å². The Hall–Kier alpha value is -2.15. The van der Waals surface area contributed by atoms with E-state index < -0.39 is 22.7 Å². The Labute approximate surface area is 116 Å². The van der Waals surface area contributed by atoms with Crippen LogP contribution in [0.1, 0.15) is 32.4 Å². The van der Waals surface area contributed by atoms with E-state index in [1.165, 1.54) is 18.2 Å². The van der Waals surface area contributed by atoms with Gasteiger partial charge in [0.1, 0.15) is 5.60 Å². The number of ether oxygens (including phenoxy) is 1. The van der Waals surface area contributed by atoms with Gasteiger partial charge in [-0.15, -0.1) is 0 Å². The van der Waals surface area contributed by atoms with E-state index in [-0.39, 0.29) is 12.2 Å². The molecule has 0 bridgehead atoms. The van der Waals surface area contributed by atoms with Gasteiger partial charge >= 0.3 is 6.09 Å². The Bertz CT molecular complexity index is 496. The summed E-state index contributed by atoms with van der Waals surface area (Å²) in [5.41, 5.74) is -0.380. The van der Waals surface area contributed by atoms with Crippen LogP contribution in [0.4, 0.5) is 10.5 Å². The first-order valence-electron chi connectivity index (χ1n) is 6.08. The third-order valence-corrected chi connectivity index (χ3v) is 2.30. The highest BCUT2D eigenvalue weighted by Gasteiger charge is 2.18. The molecule has 0 aromatic heterocycles. The van der Waals surface area contributed by atoms with Crippen LogP contribution in [0.5, 0.6) is 0 Å². The summed E-state index contributed by atoms with van der Waals surface area (Å²) in [5.74, 6) is 0. The number of aliphatic hydroxyl groups excluding tert-OH is 1. The van der Waals surface area contributed by atoms with Gasteiger partial charge in [0.15, 0.2) is 0 Å². The smallest absolute Gasteiger partial charge is 0.407 e. The Kier molecular flexibility index (Phi) is 5.04. The van der Waals surface area contributed by atoms with E-state index in [9.17, 15) is 20.0 Å². The summed E-state index contributed by atoms with van der Waals surface area (Å²) >= 11 is 0. The van der Waals surface area contributed by atoms with Crippen LogP contribution < -0.4 is 5.32 Å². The molecule has 7 nitrogen and oxygen atoms in total. The lowest BCUT2D eigenvalue weighted by Gasteiger charge is -2.20. The number of benzene rings is 1. The normalized spacial score (nSPS) is 12.6. The molecule has 0 unspecified atom stereocenters. The monoisotopic (exact) mass is 282 g/mol. The average molecular weight is 282 g/mol. The molecule has 0 heterocycles. The molecule has 0 radical (unpaired) electrons. The van der Waals surface area contributed by atoms with E-state index in [1.54, 1.807) is 26.8 Å². The van der Waals surface area contributed by atoms with Crippen LogP contribution in [-0.4, -0.2) is 28.3 Å². The molecule has 1 aromatic carbocycles. The fourth-order valence-corrected chi connectivity index (χ4v) is 1.46. The highest BCUT2D eigenvalue weighted by molar-refractivity contribution is 5.67. The minimum absolute atomic E-state index is 0.0872. The Balaban J connectivity index is 2.59. The number of hydrogen-bond donors (Lipinski definition) is 2. The molecule has 0 aliphatic heterocycles. The predicted molar refractivity (Wildman–Crippen MR) is 72.3 cm³/mol. The lowest BCUT2D eigenvalue weighted by Crippen LogP contribution is -2.34. The van der Waals surface area contributed by atoms with Gasteiger partial charge in [-0.05, 0) is 26.3 Å². The van der Waals surface area contributed by atoms with Crippen molar-refractivity contribution in [3.63, 3.8) is 0 Å². The van der Waals surface area contributed by atoms with Crippen LogP contribution in [0.3, 0.4) is 0 Å². The maximum absolute atomic E-state index is 11.4. The summed E-state index contributed by atoms with van der Waals surface area (Å²) in [6.45, 7) is 5.09. The number of nitrogens with one attached hydrogen (secondary N) is 1. The number of aliphatic hydroxyl groups is 1. The van der Waals surface area contributed by atoms with Gasteiger partial charge in [-0.3, -0.25) is 10.1 Å². The Morgan fingerprint density at radius 3 is 2.70 bits per heavy atom. The number of non-ortho nitro benzene ring substituents is 1. The molecule has 0 aliphatic rings. The molecule has 1 amide bonds. The number of nitro groups is 1. The lowest BCUT2D eigenvalue weighted by molar-refractivity contribution is -0.385. The van der Waals surface area contributed by atoms with E-state index in [2.05, 4.69) is 5.32 Å². The molecule has 0 aliphatic carbocycles. The van der Waals surface area contributed by atoms with Crippen molar-refractivity contribution < 1.29 is 19.6 Å². The van der Waals surface area contributed by atoms with E-state index >= 15 is 0 Å². The molecule has 0 spiro atoms. The third kappa shape index (κ3) is 5.23. The maximum Gasteiger partial charge on any atom is 0.407 e. The number of nitro benzene ring substituents is 1. The second kappa shape index (κ2) is 6.33. The van der Waals surface area contributed by atoms with Gasteiger partial charge in [0, 0.05) is 12.1 Å². The van der Waals surface area contributed by atoms with Crippen LogP contribution in [-0.2, 0) is 4.74 Å². The van der Waals surface area contributed by atoms with Crippen molar-refractivity contribution >= 4 is 11.8 Å². The second-order valence-corrected chi connectivity index (χ2v) is 5.25. The Morgan fingerprint density at radius 2 is 2.15 bits per heavy atom. The predicted octanol–water partition coefficient (Wildman–Crippen LogP) is 2.15. The van der Waals surface area contributed by atoms with Crippen molar-refractivity contribution in [2.75, 3.05) is 6.54 Å². The molecule has 7 heteroatoms. The van der Waals surface area contributed by atoms with Gasteiger partial charge in [-0.25, -0.2) is 4.79 Å². The number of hydrogen-bond acceptors (Lipinski definition) is 5. The van der Waals surface area contributed by atoms with Crippen molar-refractivity contribution in [3.8, 4) is 0 Å². The summed E-state index contributed by atoms with van der Waals surface area (Å²) < 4.78 is 5.02. The first-order valence-corrected chi connectivity index (χ1v) is 6.08. The van der Waals surface area contributed by atoms with Gasteiger partial charge < -0.3 is 15.2 Å². The molecule has 1 aromatic rings. The molecule has 0 fully saturated rings. The summed E-state index contributed by atoms with van der Waals surface area (Å²) in [4.78, 5) is 21.5. The molecular weight excluding hydrogens is 264 g/mol. The van der Waals surface area contributed by atoms with Crippen molar-refractivity contribution in [2.24, 2.45) is 0 Å². The number of nitrogens with zero attached hydrogens (tertiary/aromatic N) is 1. The van der Waals surface area contributed by atoms with Crippen LogP contribution in [0.25, 0.3) is 0 Å². The molecule has 0 saturated heterocycles. The van der Waals surface area contributed by atoms with Crippen molar-refractivity contribution in [2.45, 2.75) is 32.5 Å². The minimum atomic E-state index is -1.04. The highest BCUT2D eigenvalue weighted by Crippen LogP contribution is 2.18. The van der Waals surface area contributed by atoms with Crippen LogP contribution in [0, 0.1) is 10.1 Å². The number of rotatable bonds is 4. The molecule has 1 atom stereocenters. The molecule has 1 rings (SSSR count). The summed E-state index contributed by atoms with van der Waals surface area (Å²) in [6, 6.07) is 5.62. The zero-order valence-corrected chi connectivity index (χ0v) is 11.6. The molecule has 110 valence electrons. The minimum Gasteiger partial charge on any atom is -0.444 e. The number of carbonyl (C=O) groups excluding carboxylic acids is 1. The first kappa shape index (κ1) is 15.9. The molecule has 0 saturated carbocycles. The molecule has 2 N–H and O–H groups in total. The molecular formula is C13H18N2O5. The van der Waals surface area contributed by atoms with Gasteiger partial charge in [0.25, 0.3) is 5.69 Å². The zero-order chi connectivity index (χ0) is 15.3. The standard InChI is InChI=1S/C13H18N2O5/c1-13(2,3)20-12(17)14-8-11(16)9-5-4-6-10(7-9)15(18)19/h4-7,11,16H,8H2,1-3H3,(H,14,17)/t11-/m0/s1. The summed E-state index contributed by atoms with van der Waals surface area (Å²) in [6.07, 6.45) is -1.69. The number of alkyl carbamates (subject to hydrolysis) is 1. The first-order chi connectivity index (χ1) is 9.19. The van der Waals surface area contributed by atoms with Crippen LogP contribution in [0.2, 0.25) is 0 Å². The largest absolute Gasteiger partial charge is 0.444 e. The molecule has 20 heavy (non-hydrogen) atoms. The van der Waals surface area contributed by atoms with E-state index in [0.29, 0.717) is 5.56 Å². The average Bonchev–Trinajstić information content (AvgIpc) is 2.34. The van der Waals surface area contributed by atoms with Gasteiger partial charge in [0.2, 0.25) is 0 Å². The third-order valence-electron chi connectivity index (χ3n) is 2.30. The summed E-state index contributed by atoms with van der Waals surface area (Å²) in [5, 5.41) is 22.9. The van der Waals surface area contributed by atoms with Gasteiger partial charge in [0.05, 0.1) is 17.6 Å². The highest BCUT2D eigenvalue weighted by atomic mass is 16.6. The number of amides is 1. The maximum atomic E-state index is 11.4. The van der Waals surface area contributed by atoms with Crippen LogP contribution >= 0.6 is 0 Å². The van der Waals surface area contributed by atoms with Crippen molar-refractivity contribution in [1.82, 2.24) is 5.32 Å². The topological polar surface area (TPSA) is 102 Å². The van der Waals surface area contributed by atoms with Crippen molar-refractivity contribution in [1.29, 1.82) is 0 Å². The van der Waals surface area contributed by atoms with E-state index in [0.717, 1.165) is 0 Å². The SMILES string of the molecule is CC(C)(C)OC(=O)NC[C@H](O)c1cccc([N+](=O)[O-])c1. The van der Waals surface area contributed by atoms with E-state index in [4.69, 9.17) is 4.74 Å². The van der Waals surface area contributed by atoms with Gasteiger partial charge in [-0.2, -0.15) is 0 Å². The Morgan fingerprint density at radius 1 is 1.50 bits per heavy atom. The van der Waals surface area contributed by atoms with Crippen molar-refractivity contribution in [3.05, 3.63) is 39.9 Å². The second-order valence-electron chi connectivity index (χ2n) is 5.25. The lowest BCUT2D eigenvalue weighted by atomic mass is 10.1. The zero-order valence-electron chi connectivity index (χ0n) is 11.6. The summed E-state index contributed by atoms with van der Waals surface area (Å²) in [7, 11) is 0. The van der Waals surface area contributed by atoms with Gasteiger partial charge in [-0.1, -0.05) is 12.1 Å². The number of carbonyl (C=O) groups is 1.